The molecule has 0 rings (SSSR count). The van der Waals surface area contributed by atoms with Gasteiger partial charge in [0.1, 0.15) is 0 Å². The Bertz CT molecular complexity index is 954. The second kappa shape index (κ2) is 42.9. The molecule has 0 aliphatic rings. The maximum atomic E-state index is 12.8. The number of aliphatic hydroxyl groups is 1. The van der Waals surface area contributed by atoms with Gasteiger partial charge < -0.3 is 24.1 Å². The molecule has 0 aromatic carbocycles. The van der Waals surface area contributed by atoms with Crippen molar-refractivity contribution in [3.63, 3.8) is 0 Å². The van der Waals surface area contributed by atoms with Gasteiger partial charge >= 0.3 is 23.9 Å². The molecule has 0 saturated heterocycles. The Morgan fingerprint density at radius 2 is 0.621 bits per heavy atom. The number of hydrogen-bond acceptors (Lipinski definition) is 9. The molecular formula is C49H92O9. The molecule has 0 aromatic rings. The number of ether oxygens (including phenoxy) is 4. The second-order valence-corrected chi connectivity index (χ2v) is 16.8. The summed E-state index contributed by atoms with van der Waals surface area (Å²) in [5, 5.41) is 10.2. The van der Waals surface area contributed by atoms with Gasteiger partial charge in [-0.1, -0.05) is 156 Å². The van der Waals surface area contributed by atoms with Crippen molar-refractivity contribution in [2.24, 2.45) is 11.8 Å². The molecule has 58 heavy (non-hydrogen) atoms. The van der Waals surface area contributed by atoms with Crippen molar-refractivity contribution < 1.29 is 43.2 Å². The van der Waals surface area contributed by atoms with E-state index in [1.165, 1.54) is 103 Å². The number of hydrogen-bond donors (Lipinski definition) is 1. The molecule has 9 heteroatoms. The van der Waals surface area contributed by atoms with Gasteiger partial charge in [0.15, 0.2) is 6.10 Å². The van der Waals surface area contributed by atoms with E-state index in [2.05, 4.69) is 27.7 Å². The first-order valence-corrected chi connectivity index (χ1v) is 24.6. The quantitative estimate of drug-likeness (QED) is 0.0363. The van der Waals surface area contributed by atoms with E-state index >= 15 is 0 Å². The first-order chi connectivity index (χ1) is 28.3. The molecule has 0 bridgehead atoms. The topological polar surface area (TPSA) is 125 Å². The van der Waals surface area contributed by atoms with Crippen molar-refractivity contribution in [1.29, 1.82) is 0 Å². The van der Waals surface area contributed by atoms with Crippen LogP contribution in [0.4, 0.5) is 0 Å². The largest absolute Gasteiger partial charge is 0.466 e. The van der Waals surface area contributed by atoms with E-state index in [1.807, 2.05) is 0 Å². The number of aliphatic hydroxyl groups excluding tert-OH is 1. The lowest BCUT2D eigenvalue weighted by Crippen LogP contribution is -2.24. The fourth-order valence-electron chi connectivity index (χ4n) is 7.33. The van der Waals surface area contributed by atoms with Crippen molar-refractivity contribution in [1.82, 2.24) is 0 Å². The van der Waals surface area contributed by atoms with Crippen LogP contribution >= 0.6 is 0 Å². The average molecular weight is 825 g/mol. The normalized spacial score (nSPS) is 12.8. The lowest BCUT2D eigenvalue weighted by atomic mass is 9.94. The van der Waals surface area contributed by atoms with E-state index in [1.54, 1.807) is 0 Å². The van der Waals surface area contributed by atoms with Crippen LogP contribution in [0.5, 0.6) is 0 Å². The Hall–Kier alpha value is -2.16. The lowest BCUT2D eigenvalue weighted by Gasteiger charge is -2.16. The molecule has 0 aliphatic heterocycles. The van der Waals surface area contributed by atoms with Gasteiger partial charge in [0.25, 0.3) is 0 Å². The van der Waals surface area contributed by atoms with Crippen molar-refractivity contribution >= 4 is 23.9 Å². The number of carbonyl (C=O) groups excluding carboxylic acids is 4. The maximum absolute atomic E-state index is 12.8. The van der Waals surface area contributed by atoms with E-state index < -0.39 is 18.0 Å². The van der Waals surface area contributed by atoms with E-state index in [-0.39, 0.29) is 49.8 Å². The number of esters is 4. The first-order valence-electron chi connectivity index (χ1n) is 24.6. The van der Waals surface area contributed by atoms with Crippen LogP contribution in [-0.4, -0.2) is 61.5 Å². The highest BCUT2D eigenvalue weighted by molar-refractivity contribution is 5.76. The Kier molecular flexibility index (Phi) is 41.3. The van der Waals surface area contributed by atoms with Crippen molar-refractivity contribution in [2.75, 3.05) is 26.4 Å². The standard InChI is InChI=1S/C49H92O9/c1-5-9-13-17-19-27-35-43(33-25-15-11-7-3)47(52)56-40-30-22-21-29-39-55-46(51)38-37-45(50)49(54)58-42-32-24-23-31-41-57-48(53)44(34-26-16-12-8-4)36-28-20-18-14-10-6-2/h43-45,50H,5-42H2,1-4H3. The van der Waals surface area contributed by atoms with Crippen LogP contribution in [-0.2, 0) is 38.1 Å². The van der Waals surface area contributed by atoms with Gasteiger partial charge in [-0.15, -0.1) is 0 Å². The van der Waals surface area contributed by atoms with Gasteiger partial charge in [-0.2, -0.15) is 0 Å². The van der Waals surface area contributed by atoms with Gasteiger partial charge in [0, 0.05) is 6.42 Å². The molecule has 0 aromatic heterocycles. The molecule has 0 fully saturated rings. The molecule has 342 valence electrons. The average Bonchev–Trinajstić information content (AvgIpc) is 3.22. The third-order valence-corrected chi connectivity index (χ3v) is 11.3. The highest BCUT2D eigenvalue weighted by Crippen LogP contribution is 2.22. The van der Waals surface area contributed by atoms with Crippen molar-refractivity contribution in [2.45, 2.75) is 252 Å². The van der Waals surface area contributed by atoms with Crippen LogP contribution in [0.25, 0.3) is 0 Å². The summed E-state index contributed by atoms with van der Waals surface area (Å²) in [5.41, 5.74) is 0. The van der Waals surface area contributed by atoms with Crippen LogP contribution in [0.15, 0.2) is 0 Å². The number of carbonyl (C=O) groups is 4. The molecule has 0 amide bonds. The minimum Gasteiger partial charge on any atom is -0.466 e. The van der Waals surface area contributed by atoms with Gasteiger partial charge in [-0.3, -0.25) is 14.4 Å². The minimum absolute atomic E-state index is 0.0127. The van der Waals surface area contributed by atoms with Crippen LogP contribution in [0.3, 0.4) is 0 Å². The predicted molar refractivity (Wildman–Crippen MR) is 236 cm³/mol. The Morgan fingerprint density at radius 3 is 0.983 bits per heavy atom. The zero-order valence-corrected chi connectivity index (χ0v) is 38.3. The summed E-state index contributed by atoms with van der Waals surface area (Å²) >= 11 is 0. The molecular weight excluding hydrogens is 733 g/mol. The second-order valence-electron chi connectivity index (χ2n) is 16.8. The van der Waals surface area contributed by atoms with Gasteiger partial charge in [-0.05, 0) is 83.5 Å². The van der Waals surface area contributed by atoms with Gasteiger partial charge in [0.05, 0.1) is 38.3 Å². The third kappa shape index (κ3) is 35.8. The van der Waals surface area contributed by atoms with Crippen LogP contribution in [0.1, 0.15) is 246 Å². The molecule has 0 radical (unpaired) electrons. The molecule has 0 spiro atoms. The summed E-state index contributed by atoms with van der Waals surface area (Å²) in [4.78, 5) is 50.0. The molecule has 3 unspecified atom stereocenters. The number of rotatable bonds is 44. The summed E-state index contributed by atoms with van der Waals surface area (Å²) in [6.07, 6.45) is 32.7. The summed E-state index contributed by atoms with van der Waals surface area (Å²) in [6, 6.07) is 0. The predicted octanol–water partition coefficient (Wildman–Crippen LogP) is 13.1. The highest BCUT2D eigenvalue weighted by Gasteiger charge is 2.21. The minimum atomic E-state index is -1.36. The Balaban J connectivity index is 4.02. The monoisotopic (exact) mass is 825 g/mol. The molecule has 0 saturated carbocycles. The molecule has 0 heterocycles. The molecule has 3 atom stereocenters. The van der Waals surface area contributed by atoms with Gasteiger partial charge in [-0.25, -0.2) is 4.79 Å². The smallest absolute Gasteiger partial charge is 0.334 e. The zero-order chi connectivity index (χ0) is 42.7. The van der Waals surface area contributed by atoms with E-state index in [0.29, 0.717) is 26.1 Å². The van der Waals surface area contributed by atoms with E-state index in [4.69, 9.17) is 18.9 Å². The fraction of sp³-hybridized carbons (Fsp3) is 0.918. The van der Waals surface area contributed by atoms with Crippen LogP contribution < -0.4 is 0 Å². The third-order valence-electron chi connectivity index (χ3n) is 11.3. The van der Waals surface area contributed by atoms with E-state index in [9.17, 15) is 24.3 Å². The molecule has 0 aliphatic carbocycles. The summed E-state index contributed by atoms with van der Waals surface area (Å²) in [6.45, 7) is 10.2. The molecule has 9 nitrogen and oxygen atoms in total. The van der Waals surface area contributed by atoms with Crippen molar-refractivity contribution in [3.05, 3.63) is 0 Å². The van der Waals surface area contributed by atoms with E-state index in [0.717, 1.165) is 89.9 Å². The number of unbranched alkanes of at least 4 members (excludes halogenated alkanes) is 22. The Labute approximate surface area is 356 Å². The lowest BCUT2D eigenvalue weighted by molar-refractivity contribution is -0.155. The summed E-state index contributed by atoms with van der Waals surface area (Å²) < 4.78 is 21.8. The SMILES string of the molecule is CCCCCCCCC(CCCCCC)C(=O)OCCCCCCOC(=O)CCC(O)C(=O)OCCCCCCOC(=O)C(CCCCCC)CCCCCCCC. The zero-order valence-electron chi connectivity index (χ0n) is 38.3. The van der Waals surface area contributed by atoms with Crippen LogP contribution in [0, 0.1) is 11.8 Å². The van der Waals surface area contributed by atoms with Gasteiger partial charge in [0.2, 0.25) is 0 Å². The van der Waals surface area contributed by atoms with Crippen LogP contribution in [0.2, 0.25) is 0 Å². The highest BCUT2D eigenvalue weighted by atomic mass is 16.6. The summed E-state index contributed by atoms with van der Waals surface area (Å²) in [7, 11) is 0. The summed E-state index contributed by atoms with van der Waals surface area (Å²) in [5.74, 6) is -1.21. The Morgan fingerprint density at radius 1 is 0.345 bits per heavy atom. The molecule has 1 N–H and O–H groups in total. The first kappa shape index (κ1) is 55.8. The van der Waals surface area contributed by atoms with Crippen molar-refractivity contribution in [3.8, 4) is 0 Å². The fourth-order valence-corrected chi connectivity index (χ4v) is 7.33. The maximum Gasteiger partial charge on any atom is 0.334 e.